The minimum atomic E-state index is 0.247. The van der Waals surface area contributed by atoms with Crippen molar-refractivity contribution in [2.75, 3.05) is 25.1 Å². The number of nitrogens with zero attached hydrogens (tertiary/aromatic N) is 1. The molecule has 0 fully saturated rings. The van der Waals surface area contributed by atoms with E-state index in [1.165, 1.54) is 12.4 Å². The lowest BCUT2D eigenvalue weighted by Crippen LogP contribution is -2.19. The fourth-order valence-corrected chi connectivity index (χ4v) is 2.57. The number of pyridine rings is 1. The van der Waals surface area contributed by atoms with E-state index in [9.17, 15) is 5.11 Å². The van der Waals surface area contributed by atoms with Crippen LogP contribution in [-0.4, -0.2) is 36.1 Å². The van der Waals surface area contributed by atoms with Crippen LogP contribution in [-0.2, 0) is 11.3 Å². The first-order chi connectivity index (χ1) is 13.7. The zero-order chi connectivity index (χ0) is 20.2. The lowest BCUT2D eigenvalue weighted by Gasteiger charge is -2.10. The van der Waals surface area contributed by atoms with Gasteiger partial charge in [0.05, 0.1) is 6.61 Å². The van der Waals surface area contributed by atoms with Crippen molar-refractivity contribution in [3.05, 3.63) is 65.7 Å². The Morgan fingerprint density at radius 1 is 1.36 bits per heavy atom. The lowest BCUT2D eigenvalue weighted by atomic mass is 10.0. The molecule has 7 nitrogen and oxygen atoms in total. The topological polar surface area (TPSA) is 116 Å². The maximum atomic E-state index is 10.0. The third kappa shape index (κ3) is 6.22. The predicted octanol–water partition coefficient (Wildman–Crippen LogP) is 2.95. The smallest absolute Gasteiger partial charge is 0.120 e. The van der Waals surface area contributed by atoms with Gasteiger partial charge >= 0.3 is 0 Å². The van der Waals surface area contributed by atoms with E-state index in [-0.39, 0.29) is 5.75 Å². The molecule has 0 aliphatic carbocycles. The summed E-state index contributed by atoms with van der Waals surface area (Å²) in [5.74, 6) is 0.247. The number of hydrogen-bond donors (Lipinski definition) is 5. The molecule has 0 aliphatic heterocycles. The van der Waals surface area contributed by atoms with Crippen LogP contribution in [0.1, 0.15) is 23.6 Å². The molecule has 1 heterocycles. The number of nitrogens with one attached hydrogen (secondary N) is 3. The van der Waals surface area contributed by atoms with Crippen molar-refractivity contribution in [3.8, 4) is 5.75 Å². The molecule has 2 rings (SSSR count). The number of phenols is 1. The number of phenolic OH excluding ortho intramolecular Hbond substituents is 1. The van der Waals surface area contributed by atoms with E-state index in [0.717, 1.165) is 28.9 Å². The first-order valence-electron chi connectivity index (χ1n) is 9.09. The summed E-state index contributed by atoms with van der Waals surface area (Å²) >= 11 is 0. The average Bonchev–Trinajstić information content (AvgIpc) is 2.72. The molecular formula is C21H27N5O2. The molecule has 0 saturated heterocycles. The third-order valence-electron chi connectivity index (χ3n) is 4.03. The van der Waals surface area contributed by atoms with Gasteiger partial charge in [-0.15, -0.1) is 0 Å². The number of aromatic hydroxyl groups is 1. The molecule has 0 spiro atoms. The molecule has 6 N–H and O–H groups in total. The summed E-state index contributed by atoms with van der Waals surface area (Å²) in [5.41, 5.74) is 9.53. The van der Waals surface area contributed by atoms with Gasteiger partial charge in [-0.1, -0.05) is 0 Å². The number of benzene rings is 1. The maximum absolute atomic E-state index is 10.0. The second-order valence-corrected chi connectivity index (χ2v) is 5.92. The van der Waals surface area contributed by atoms with E-state index < -0.39 is 0 Å². The Kier molecular flexibility index (Phi) is 8.71. The van der Waals surface area contributed by atoms with Crippen LogP contribution in [0.3, 0.4) is 0 Å². The Bertz CT molecular complexity index is 833. The third-order valence-corrected chi connectivity index (χ3v) is 4.03. The molecule has 0 bridgehead atoms. The first kappa shape index (κ1) is 21.1. The lowest BCUT2D eigenvalue weighted by molar-refractivity contribution is 0.149. The van der Waals surface area contributed by atoms with Crippen molar-refractivity contribution in [3.63, 3.8) is 0 Å². The molecule has 2 aromatic rings. The zero-order valence-corrected chi connectivity index (χ0v) is 16.0. The van der Waals surface area contributed by atoms with E-state index >= 15 is 0 Å². The van der Waals surface area contributed by atoms with Crippen molar-refractivity contribution in [1.82, 2.24) is 10.3 Å². The van der Waals surface area contributed by atoms with E-state index in [4.69, 9.17) is 15.9 Å². The van der Waals surface area contributed by atoms with Gasteiger partial charge < -0.3 is 31.6 Å². The van der Waals surface area contributed by atoms with E-state index in [0.29, 0.717) is 25.3 Å². The van der Waals surface area contributed by atoms with Gasteiger partial charge in [0.2, 0.25) is 0 Å². The summed E-state index contributed by atoms with van der Waals surface area (Å²) in [4.78, 5) is 4.13. The fraction of sp³-hybridized carbons (Fsp3) is 0.238. The second-order valence-electron chi connectivity index (χ2n) is 5.92. The van der Waals surface area contributed by atoms with Crippen LogP contribution in [0.4, 0.5) is 5.69 Å². The van der Waals surface area contributed by atoms with Gasteiger partial charge in [-0.25, -0.2) is 0 Å². The largest absolute Gasteiger partial charge is 0.508 e. The van der Waals surface area contributed by atoms with Gasteiger partial charge in [-0.2, -0.15) is 0 Å². The van der Waals surface area contributed by atoms with Gasteiger partial charge in [0.15, 0.2) is 0 Å². The Balaban J connectivity index is 2.03. The molecule has 0 aliphatic rings. The highest BCUT2D eigenvalue weighted by Crippen LogP contribution is 2.22. The van der Waals surface area contributed by atoms with Crippen LogP contribution < -0.4 is 16.4 Å². The molecule has 0 amide bonds. The van der Waals surface area contributed by atoms with Gasteiger partial charge in [-0.05, 0) is 42.8 Å². The summed E-state index contributed by atoms with van der Waals surface area (Å²) in [6.45, 7) is 4.56. The first-order valence-corrected chi connectivity index (χ1v) is 9.09. The summed E-state index contributed by atoms with van der Waals surface area (Å²) in [6, 6.07) is 7.17. The van der Waals surface area contributed by atoms with Crippen LogP contribution in [0, 0.1) is 5.41 Å². The molecule has 0 saturated carbocycles. The molecule has 1 aromatic carbocycles. The van der Waals surface area contributed by atoms with E-state index in [2.05, 4.69) is 15.6 Å². The minimum Gasteiger partial charge on any atom is -0.508 e. The Labute approximate surface area is 165 Å². The molecule has 0 unspecified atom stereocenters. The number of allylic oxidation sites excluding steroid dienone is 1. The molecule has 7 heteroatoms. The van der Waals surface area contributed by atoms with Crippen molar-refractivity contribution < 1.29 is 9.84 Å². The van der Waals surface area contributed by atoms with E-state index in [1.807, 2.05) is 25.1 Å². The zero-order valence-electron chi connectivity index (χ0n) is 16.0. The Morgan fingerprint density at radius 2 is 2.21 bits per heavy atom. The molecule has 0 radical (unpaired) electrons. The number of aromatic nitrogens is 1. The summed E-state index contributed by atoms with van der Waals surface area (Å²) in [7, 11) is 0. The highest BCUT2D eigenvalue weighted by Gasteiger charge is 2.04. The average molecular weight is 381 g/mol. The molecule has 148 valence electrons. The Hall–Kier alpha value is -3.16. The van der Waals surface area contributed by atoms with Gasteiger partial charge in [-0.3, -0.25) is 4.98 Å². The predicted molar refractivity (Wildman–Crippen MR) is 114 cm³/mol. The van der Waals surface area contributed by atoms with Crippen molar-refractivity contribution >= 4 is 23.6 Å². The summed E-state index contributed by atoms with van der Waals surface area (Å²) in [5, 5.41) is 23.9. The fourth-order valence-electron chi connectivity index (χ4n) is 2.57. The summed E-state index contributed by atoms with van der Waals surface area (Å²) in [6.07, 6.45) is 9.64. The van der Waals surface area contributed by atoms with Crippen LogP contribution >= 0.6 is 0 Å². The van der Waals surface area contributed by atoms with E-state index in [1.54, 1.807) is 30.7 Å². The van der Waals surface area contributed by atoms with Gasteiger partial charge in [0, 0.05) is 73.1 Å². The number of rotatable bonds is 11. The summed E-state index contributed by atoms with van der Waals surface area (Å²) < 4.78 is 5.29. The quantitative estimate of drug-likeness (QED) is 0.232. The SMILES string of the molecule is CCOCCNCc1cc(N/C=C/c2cnccc2/C(C=N)=C/N)ccc1O. The van der Waals surface area contributed by atoms with Gasteiger partial charge in [0.25, 0.3) is 0 Å². The minimum absolute atomic E-state index is 0.247. The van der Waals surface area contributed by atoms with Crippen LogP contribution in [0.25, 0.3) is 11.6 Å². The second kappa shape index (κ2) is 11.5. The number of anilines is 1. The normalized spacial score (nSPS) is 11.7. The molecule has 0 atom stereocenters. The number of nitrogens with two attached hydrogens (primary N) is 1. The number of ether oxygens (including phenoxy) is 1. The molecule has 1 aromatic heterocycles. The highest BCUT2D eigenvalue weighted by atomic mass is 16.5. The van der Waals surface area contributed by atoms with Crippen LogP contribution in [0.5, 0.6) is 5.75 Å². The van der Waals surface area contributed by atoms with Crippen LogP contribution in [0.15, 0.2) is 49.1 Å². The standard InChI is InChI=1S/C21H27N5O2/c1-2-28-10-9-25-15-17-11-19(3-4-21(17)27)26-8-5-16-14-24-7-6-20(16)18(12-22)13-23/h3-8,11-14,22,25-27H,2,9-10,15,23H2,1H3/b8-5+,18-13+,22-12?. The molecular weight excluding hydrogens is 354 g/mol. The monoisotopic (exact) mass is 381 g/mol. The maximum Gasteiger partial charge on any atom is 0.120 e. The van der Waals surface area contributed by atoms with Crippen LogP contribution in [0.2, 0.25) is 0 Å². The van der Waals surface area contributed by atoms with Crippen molar-refractivity contribution in [2.45, 2.75) is 13.5 Å². The number of hydrogen-bond acceptors (Lipinski definition) is 7. The van der Waals surface area contributed by atoms with Crippen molar-refractivity contribution in [1.29, 1.82) is 5.41 Å². The Morgan fingerprint density at radius 3 is 2.96 bits per heavy atom. The highest BCUT2D eigenvalue weighted by molar-refractivity contribution is 6.09. The molecule has 28 heavy (non-hydrogen) atoms. The van der Waals surface area contributed by atoms with Gasteiger partial charge in [0.1, 0.15) is 5.75 Å². The van der Waals surface area contributed by atoms with Crippen molar-refractivity contribution in [2.24, 2.45) is 5.73 Å².